The average Bonchev–Trinajstić information content (AvgIpc) is 3.50. The zero-order chi connectivity index (χ0) is 23.2. The maximum atomic E-state index is 12.6. The molecule has 0 radical (unpaired) electrons. The lowest BCUT2D eigenvalue weighted by molar-refractivity contribution is -0.115. The van der Waals surface area contributed by atoms with Crippen LogP contribution in [0.5, 0.6) is 11.5 Å². The first-order valence-electron chi connectivity index (χ1n) is 11.0. The van der Waals surface area contributed by atoms with Crippen LogP contribution in [0.25, 0.3) is 0 Å². The molecule has 2 aromatic carbocycles. The van der Waals surface area contributed by atoms with Gasteiger partial charge in [-0.05, 0) is 48.4 Å². The summed E-state index contributed by atoms with van der Waals surface area (Å²) in [7, 11) is 0. The highest BCUT2D eigenvalue weighted by molar-refractivity contribution is 7.19. The lowest BCUT2D eigenvalue weighted by atomic mass is 10.1. The van der Waals surface area contributed by atoms with E-state index >= 15 is 0 Å². The quantitative estimate of drug-likeness (QED) is 0.396. The van der Waals surface area contributed by atoms with Crippen LogP contribution in [0.1, 0.15) is 12.0 Å². The molecule has 1 fully saturated rings. The van der Waals surface area contributed by atoms with Gasteiger partial charge in [0.1, 0.15) is 11.5 Å². The monoisotopic (exact) mass is 473 g/mol. The third kappa shape index (κ3) is 5.65. The lowest BCUT2D eigenvalue weighted by Crippen LogP contribution is -2.26. The van der Waals surface area contributed by atoms with Crippen molar-refractivity contribution in [3.05, 3.63) is 78.5 Å². The topological polar surface area (TPSA) is 105 Å². The first-order valence-corrected chi connectivity index (χ1v) is 11.8. The van der Waals surface area contributed by atoms with E-state index in [0.717, 1.165) is 36.6 Å². The molecule has 1 saturated heterocycles. The third-order valence-corrected chi connectivity index (χ3v) is 6.08. The van der Waals surface area contributed by atoms with Gasteiger partial charge in [-0.1, -0.05) is 41.7 Å². The van der Waals surface area contributed by atoms with Crippen LogP contribution in [0.15, 0.2) is 72.9 Å². The Kier molecular flexibility index (Phi) is 6.57. The van der Waals surface area contributed by atoms with Gasteiger partial charge in [0.25, 0.3) is 0 Å². The molecule has 0 saturated carbocycles. The Morgan fingerprint density at radius 1 is 1.00 bits per heavy atom. The van der Waals surface area contributed by atoms with Crippen LogP contribution in [0.4, 0.5) is 16.1 Å². The SMILES string of the molecule is O=C(Cc1cccc(Oc2ccccc2)c1)Nc1nnc(NC2CCN(c3cccnn3)C2)s1. The van der Waals surface area contributed by atoms with Gasteiger partial charge in [0.05, 0.1) is 6.42 Å². The third-order valence-electron chi connectivity index (χ3n) is 5.31. The molecule has 4 aromatic rings. The number of para-hydroxylation sites is 1. The van der Waals surface area contributed by atoms with Crippen LogP contribution in [0.2, 0.25) is 0 Å². The molecular formula is C24H23N7O2S. The van der Waals surface area contributed by atoms with Gasteiger partial charge >= 0.3 is 0 Å². The fraction of sp³-hybridized carbons (Fsp3) is 0.208. The Hall–Kier alpha value is -4.05. The largest absolute Gasteiger partial charge is 0.457 e. The standard InChI is InChI=1S/C24H23N7O2S/c32-22(15-17-6-4-9-20(14-17)33-19-7-2-1-3-8-19)27-24-30-29-23(34-24)26-18-11-13-31(16-18)21-10-5-12-25-28-21/h1-10,12,14,18H,11,13,15-16H2,(H,26,29)(H,27,30,32). The molecule has 2 N–H and O–H groups in total. The molecule has 1 unspecified atom stereocenters. The minimum atomic E-state index is -0.158. The normalized spacial score (nSPS) is 15.2. The van der Waals surface area contributed by atoms with Crippen LogP contribution in [-0.2, 0) is 11.2 Å². The molecule has 10 heteroatoms. The van der Waals surface area contributed by atoms with Crippen LogP contribution >= 0.6 is 11.3 Å². The van der Waals surface area contributed by atoms with Crippen molar-refractivity contribution >= 4 is 33.3 Å². The minimum absolute atomic E-state index is 0.158. The van der Waals surface area contributed by atoms with Crippen molar-refractivity contribution in [3.8, 4) is 11.5 Å². The molecule has 3 heterocycles. The fourth-order valence-electron chi connectivity index (χ4n) is 3.75. The second-order valence-corrected chi connectivity index (χ2v) is 8.84. The predicted molar refractivity (Wildman–Crippen MR) is 131 cm³/mol. The van der Waals surface area contributed by atoms with E-state index in [2.05, 4.69) is 35.9 Å². The van der Waals surface area contributed by atoms with Crippen molar-refractivity contribution in [1.82, 2.24) is 20.4 Å². The molecule has 172 valence electrons. The molecular weight excluding hydrogens is 450 g/mol. The van der Waals surface area contributed by atoms with Crippen LogP contribution in [0.3, 0.4) is 0 Å². The van der Waals surface area contributed by atoms with E-state index in [4.69, 9.17) is 4.74 Å². The van der Waals surface area contributed by atoms with Crippen molar-refractivity contribution in [2.24, 2.45) is 0 Å². The summed E-state index contributed by atoms with van der Waals surface area (Å²) in [6.07, 6.45) is 2.84. The molecule has 5 rings (SSSR count). The minimum Gasteiger partial charge on any atom is -0.457 e. The highest BCUT2D eigenvalue weighted by Crippen LogP contribution is 2.25. The van der Waals surface area contributed by atoms with Gasteiger partial charge in [0, 0.05) is 25.3 Å². The highest BCUT2D eigenvalue weighted by Gasteiger charge is 2.24. The number of ether oxygens (including phenoxy) is 1. The summed E-state index contributed by atoms with van der Waals surface area (Å²) >= 11 is 1.32. The van der Waals surface area contributed by atoms with Crippen LogP contribution in [0, 0.1) is 0 Å². The second-order valence-electron chi connectivity index (χ2n) is 7.86. The van der Waals surface area contributed by atoms with E-state index in [1.807, 2.05) is 66.7 Å². The number of nitrogens with zero attached hydrogens (tertiary/aromatic N) is 5. The summed E-state index contributed by atoms with van der Waals surface area (Å²) in [4.78, 5) is 14.7. The number of hydrogen-bond acceptors (Lipinski definition) is 9. The predicted octanol–water partition coefficient (Wildman–Crippen LogP) is 3.99. The zero-order valence-electron chi connectivity index (χ0n) is 18.3. The van der Waals surface area contributed by atoms with E-state index < -0.39 is 0 Å². The van der Waals surface area contributed by atoms with E-state index in [-0.39, 0.29) is 18.4 Å². The van der Waals surface area contributed by atoms with Crippen molar-refractivity contribution in [3.63, 3.8) is 0 Å². The maximum absolute atomic E-state index is 12.6. The number of aromatic nitrogens is 4. The Labute approximate surface area is 200 Å². The fourth-order valence-corrected chi connectivity index (χ4v) is 4.48. The molecule has 0 bridgehead atoms. The zero-order valence-corrected chi connectivity index (χ0v) is 19.1. The molecule has 1 aliphatic rings. The Morgan fingerprint density at radius 2 is 1.85 bits per heavy atom. The maximum Gasteiger partial charge on any atom is 0.230 e. The summed E-state index contributed by atoms with van der Waals surface area (Å²) in [6.45, 7) is 1.70. The number of carbonyl (C=O) groups excluding carboxylic acids is 1. The molecule has 34 heavy (non-hydrogen) atoms. The van der Waals surface area contributed by atoms with Crippen molar-refractivity contribution in [2.45, 2.75) is 18.9 Å². The summed E-state index contributed by atoms with van der Waals surface area (Å²) in [5.41, 5.74) is 0.851. The molecule has 1 aliphatic heterocycles. The van der Waals surface area contributed by atoms with Crippen LogP contribution in [-0.4, -0.2) is 45.4 Å². The van der Waals surface area contributed by atoms with Crippen molar-refractivity contribution in [1.29, 1.82) is 0 Å². The van der Waals surface area contributed by atoms with E-state index in [0.29, 0.717) is 16.0 Å². The van der Waals surface area contributed by atoms with E-state index in [1.165, 1.54) is 11.3 Å². The smallest absolute Gasteiger partial charge is 0.230 e. The van der Waals surface area contributed by atoms with Crippen molar-refractivity contribution in [2.75, 3.05) is 28.6 Å². The number of anilines is 3. The Balaban J connectivity index is 1.12. The number of hydrogen-bond donors (Lipinski definition) is 2. The first kappa shape index (κ1) is 21.8. The van der Waals surface area contributed by atoms with Gasteiger partial charge in [-0.25, -0.2) is 0 Å². The Morgan fingerprint density at radius 3 is 2.71 bits per heavy atom. The Bertz CT molecular complexity index is 1240. The first-order chi connectivity index (χ1) is 16.7. The lowest BCUT2D eigenvalue weighted by Gasteiger charge is -2.16. The average molecular weight is 474 g/mol. The molecule has 1 amide bonds. The van der Waals surface area contributed by atoms with Gasteiger partial charge in [0.15, 0.2) is 5.82 Å². The van der Waals surface area contributed by atoms with Crippen molar-refractivity contribution < 1.29 is 9.53 Å². The summed E-state index contributed by atoms with van der Waals surface area (Å²) < 4.78 is 5.85. The molecule has 2 aromatic heterocycles. The van der Waals surface area contributed by atoms with Gasteiger partial charge < -0.3 is 20.3 Å². The van der Waals surface area contributed by atoms with Crippen LogP contribution < -0.4 is 20.3 Å². The van der Waals surface area contributed by atoms with Gasteiger partial charge in [0.2, 0.25) is 16.2 Å². The number of amides is 1. The second kappa shape index (κ2) is 10.3. The van der Waals surface area contributed by atoms with E-state index in [9.17, 15) is 4.79 Å². The summed E-state index contributed by atoms with van der Waals surface area (Å²) in [5, 5.41) is 23.8. The molecule has 0 spiro atoms. The summed E-state index contributed by atoms with van der Waals surface area (Å²) in [6, 6.07) is 21.1. The van der Waals surface area contributed by atoms with Gasteiger partial charge in [-0.3, -0.25) is 4.79 Å². The van der Waals surface area contributed by atoms with Gasteiger partial charge in [-0.15, -0.1) is 15.3 Å². The highest BCUT2D eigenvalue weighted by atomic mass is 32.1. The number of carbonyl (C=O) groups is 1. The molecule has 9 nitrogen and oxygen atoms in total. The molecule has 0 aliphatic carbocycles. The van der Waals surface area contributed by atoms with Gasteiger partial charge in [-0.2, -0.15) is 5.10 Å². The number of nitrogens with one attached hydrogen (secondary N) is 2. The van der Waals surface area contributed by atoms with E-state index in [1.54, 1.807) is 6.20 Å². The summed E-state index contributed by atoms with van der Waals surface area (Å²) in [5.74, 6) is 2.15. The number of benzene rings is 2. The number of rotatable bonds is 8. The molecule has 1 atom stereocenters.